The quantitative estimate of drug-likeness (QED) is 0.855. The molecule has 0 fully saturated rings. The molecular weight excluding hydrogens is 250 g/mol. The molecule has 0 unspecified atom stereocenters. The van der Waals surface area contributed by atoms with E-state index in [1.165, 1.54) is 0 Å². The molecule has 2 aromatic rings. The lowest BCUT2D eigenvalue weighted by Crippen LogP contribution is -2.21. The molecule has 0 bridgehead atoms. The van der Waals surface area contributed by atoms with E-state index in [0.717, 1.165) is 29.2 Å². The Morgan fingerprint density at radius 2 is 1.80 bits per heavy atom. The number of benzene rings is 1. The van der Waals surface area contributed by atoms with Crippen molar-refractivity contribution in [1.29, 1.82) is 0 Å². The van der Waals surface area contributed by atoms with Crippen LogP contribution in [0.25, 0.3) is 11.1 Å². The van der Waals surface area contributed by atoms with Crippen LogP contribution >= 0.6 is 0 Å². The first kappa shape index (κ1) is 14.7. The van der Waals surface area contributed by atoms with E-state index < -0.39 is 0 Å². The summed E-state index contributed by atoms with van der Waals surface area (Å²) in [7, 11) is 0. The maximum Gasteiger partial charge on any atom is 0.127 e. The number of hydrogen-bond acceptors (Lipinski definition) is 3. The van der Waals surface area contributed by atoms with Crippen molar-refractivity contribution in [2.24, 2.45) is 0 Å². The first-order valence-electron chi connectivity index (χ1n) is 7.13. The van der Waals surface area contributed by atoms with Gasteiger partial charge in [0, 0.05) is 17.2 Å². The molecule has 20 heavy (non-hydrogen) atoms. The van der Waals surface area contributed by atoms with Gasteiger partial charge in [0.15, 0.2) is 0 Å². The highest BCUT2D eigenvalue weighted by Gasteiger charge is 2.14. The Morgan fingerprint density at radius 1 is 1.05 bits per heavy atom. The van der Waals surface area contributed by atoms with Gasteiger partial charge in [-0.05, 0) is 26.0 Å². The largest absolute Gasteiger partial charge is 0.490 e. The molecule has 0 amide bonds. The zero-order valence-corrected chi connectivity index (χ0v) is 12.6. The molecule has 3 nitrogen and oxygen atoms in total. The minimum absolute atomic E-state index is 0.153. The van der Waals surface area contributed by atoms with E-state index in [1.54, 1.807) is 6.26 Å². The van der Waals surface area contributed by atoms with Crippen LogP contribution in [0.15, 0.2) is 41.0 Å². The molecular formula is C17H23NO2. The van der Waals surface area contributed by atoms with Gasteiger partial charge in [0.25, 0.3) is 0 Å². The predicted octanol–water partition coefficient (Wildman–Crippen LogP) is 4.23. The summed E-state index contributed by atoms with van der Waals surface area (Å²) in [4.78, 5) is 0. The molecule has 1 N–H and O–H groups in total. The second-order valence-corrected chi connectivity index (χ2v) is 5.46. The van der Waals surface area contributed by atoms with Crippen molar-refractivity contribution in [3.8, 4) is 16.9 Å². The molecule has 0 spiro atoms. The number of nitrogens with one attached hydrogen (secondary N) is 1. The highest BCUT2D eigenvalue weighted by atomic mass is 16.5. The third-order valence-corrected chi connectivity index (χ3v) is 2.96. The van der Waals surface area contributed by atoms with Crippen LogP contribution in [0.3, 0.4) is 0 Å². The summed E-state index contributed by atoms with van der Waals surface area (Å²) in [6.07, 6.45) is 1.89. The van der Waals surface area contributed by atoms with Crippen LogP contribution in [-0.2, 0) is 6.54 Å². The average Bonchev–Trinajstić information content (AvgIpc) is 2.84. The fourth-order valence-corrected chi connectivity index (χ4v) is 2.06. The van der Waals surface area contributed by atoms with Gasteiger partial charge in [-0.25, -0.2) is 0 Å². The first-order valence-corrected chi connectivity index (χ1v) is 7.13. The first-order chi connectivity index (χ1) is 9.58. The molecule has 108 valence electrons. The molecule has 0 aliphatic heterocycles. The van der Waals surface area contributed by atoms with Crippen molar-refractivity contribution in [3.63, 3.8) is 0 Å². The minimum atomic E-state index is 0.153. The number of rotatable bonds is 6. The van der Waals surface area contributed by atoms with Crippen LogP contribution in [0.1, 0.15) is 33.5 Å². The van der Waals surface area contributed by atoms with Crippen LogP contribution in [-0.4, -0.2) is 12.1 Å². The SMILES string of the molecule is CC(C)NCc1occc1-c1ccccc1OC(C)C. The minimum Gasteiger partial charge on any atom is -0.490 e. The van der Waals surface area contributed by atoms with Crippen molar-refractivity contribution >= 4 is 0 Å². The zero-order chi connectivity index (χ0) is 14.5. The van der Waals surface area contributed by atoms with Crippen LogP contribution in [0.4, 0.5) is 0 Å². The van der Waals surface area contributed by atoms with Crippen LogP contribution in [0, 0.1) is 0 Å². The van der Waals surface area contributed by atoms with E-state index in [0.29, 0.717) is 6.04 Å². The van der Waals surface area contributed by atoms with Crippen molar-refractivity contribution < 1.29 is 9.15 Å². The summed E-state index contributed by atoms with van der Waals surface area (Å²) in [5, 5.41) is 3.38. The van der Waals surface area contributed by atoms with Crippen molar-refractivity contribution in [2.75, 3.05) is 0 Å². The lowest BCUT2D eigenvalue weighted by Gasteiger charge is -2.14. The smallest absolute Gasteiger partial charge is 0.127 e. The fraction of sp³-hybridized carbons (Fsp3) is 0.412. The maximum absolute atomic E-state index is 5.89. The molecule has 1 aromatic heterocycles. The number of ether oxygens (including phenoxy) is 1. The molecule has 0 aliphatic rings. The summed E-state index contributed by atoms with van der Waals surface area (Å²) in [5.41, 5.74) is 2.17. The van der Waals surface area contributed by atoms with Gasteiger partial charge in [-0.3, -0.25) is 0 Å². The molecule has 3 heteroatoms. The summed E-state index contributed by atoms with van der Waals surface area (Å²) >= 11 is 0. The van der Waals surface area contributed by atoms with Gasteiger partial charge in [-0.15, -0.1) is 0 Å². The van der Waals surface area contributed by atoms with Crippen LogP contribution < -0.4 is 10.1 Å². The van der Waals surface area contributed by atoms with Crippen molar-refractivity contribution in [3.05, 3.63) is 42.4 Å². The Hall–Kier alpha value is -1.74. The van der Waals surface area contributed by atoms with Gasteiger partial charge < -0.3 is 14.5 Å². The Kier molecular flexibility index (Phi) is 4.85. The average molecular weight is 273 g/mol. The number of hydrogen-bond donors (Lipinski definition) is 1. The second-order valence-electron chi connectivity index (χ2n) is 5.46. The molecule has 0 saturated heterocycles. The number of furan rings is 1. The van der Waals surface area contributed by atoms with E-state index >= 15 is 0 Å². The summed E-state index contributed by atoms with van der Waals surface area (Å²) in [6.45, 7) is 9.04. The van der Waals surface area contributed by atoms with Crippen LogP contribution in [0.2, 0.25) is 0 Å². The topological polar surface area (TPSA) is 34.4 Å². The molecule has 1 aromatic carbocycles. The summed E-state index contributed by atoms with van der Waals surface area (Å²) < 4.78 is 11.5. The predicted molar refractivity (Wildman–Crippen MR) is 81.9 cm³/mol. The highest BCUT2D eigenvalue weighted by Crippen LogP contribution is 2.33. The number of para-hydroxylation sites is 1. The van der Waals surface area contributed by atoms with Gasteiger partial charge in [0.2, 0.25) is 0 Å². The van der Waals surface area contributed by atoms with E-state index in [1.807, 2.05) is 38.1 Å². The summed E-state index contributed by atoms with van der Waals surface area (Å²) in [5.74, 6) is 1.84. The van der Waals surface area contributed by atoms with Gasteiger partial charge in [0.1, 0.15) is 11.5 Å². The standard InChI is InChI=1S/C17H23NO2/c1-12(2)18-11-17-15(9-10-19-17)14-7-5-6-8-16(14)20-13(3)4/h5-10,12-13,18H,11H2,1-4H3. The van der Waals surface area contributed by atoms with E-state index in [9.17, 15) is 0 Å². The molecule has 0 aliphatic carbocycles. The molecule has 2 rings (SSSR count). The van der Waals surface area contributed by atoms with Gasteiger partial charge in [-0.1, -0.05) is 32.0 Å². The van der Waals surface area contributed by atoms with Crippen molar-refractivity contribution in [2.45, 2.75) is 46.4 Å². The Bertz CT molecular complexity index is 543. The second kappa shape index (κ2) is 6.62. The van der Waals surface area contributed by atoms with Crippen LogP contribution in [0.5, 0.6) is 5.75 Å². The normalized spacial score (nSPS) is 11.3. The lowest BCUT2D eigenvalue weighted by atomic mass is 10.0. The molecule has 1 heterocycles. The Morgan fingerprint density at radius 3 is 2.50 bits per heavy atom. The van der Waals surface area contributed by atoms with Gasteiger partial charge in [-0.2, -0.15) is 0 Å². The Balaban J connectivity index is 2.30. The highest BCUT2D eigenvalue weighted by molar-refractivity contribution is 5.72. The monoisotopic (exact) mass is 273 g/mol. The molecule has 0 atom stereocenters. The van der Waals surface area contributed by atoms with Gasteiger partial charge in [0.05, 0.1) is 18.9 Å². The van der Waals surface area contributed by atoms with Gasteiger partial charge >= 0.3 is 0 Å². The Labute approximate surface area is 121 Å². The lowest BCUT2D eigenvalue weighted by molar-refractivity contribution is 0.243. The van der Waals surface area contributed by atoms with E-state index in [2.05, 4.69) is 25.2 Å². The van der Waals surface area contributed by atoms with E-state index in [4.69, 9.17) is 9.15 Å². The molecule has 0 saturated carbocycles. The zero-order valence-electron chi connectivity index (χ0n) is 12.6. The maximum atomic E-state index is 5.89. The molecule has 0 radical (unpaired) electrons. The summed E-state index contributed by atoms with van der Waals surface area (Å²) in [6, 6.07) is 10.5. The fourth-order valence-electron chi connectivity index (χ4n) is 2.06. The van der Waals surface area contributed by atoms with Crippen molar-refractivity contribution in [1.82, 2.24) is 5.32 Å². The third-order valence-electron chi connectivity index (χ3n) is 2.96. The van der Waals surface area contributed by atoms with E-state index in [-0.39, 0.29) is 6.10 Å². The third kappa shape index (κ3) is 3.64.